The minimum Gasteiger partial charge on any atom is -0.355 e. The second-order valence-electron chi connectivity index (χ2n) is 5.54. The molecule has 0 aromatic heterocycles. The fraction of sp³-hybridized carbons (Fsp3) is 0.500. The summed E-state index contributed by atoms with van der Waals surface area (Å²) in [4.78, 5) is 27.6. The van der Waals surface area contributed by atoms with Gasteiger partial charge in [0.05, 0.1) is 11.6 Å². The SMILES string of the molecule is CCN(C)CCNC(=O)[C@H]1CC(=O)N(c2ccccc2F)C1. The topological polar surface area (TPSA) is 52.7 Å². The van der Waals surface area contributed by atoms with Crippen molar-refractivity contribution in [2.75, 3.05) is 38.1 Å². The van der Waals surface area contributed by atoms with Gasteiger partial charge in [-0.05, 0) is 25.7 Å². The molecule has 1 fully saturated rings. The summed E-state index contributed by atoms with van der Waals surface area (Å²) in [5.74, 6) is -1.21. The fourth-order valence-corrected chi connectivity index (χ4v) is 2.46. The van der Waals surface area contributed by atoms with Gasteiger partial charge in [-0.25, -0.2) is 4.39 Å². The predicted molar refractivity (Wildman–Crippen MR) is 83.0 cm³/mol. The number of nitrogens with zero attached hydrogens (tertiary/aromatic N) is 2. The van der Waals surface area contributed by atoms with Crippen LogP contribution in [0, 0.1) is 11.7 Å². The number of amides is 2. The van der Waals surface area contributed by atoms with Crippen LogP contribution in [0.2, 0.25) is 0 Å². The molecule has 0 aliphatic carbocycles. The van der Waals surface area contributed by atoms with Crippen LogP contribution in [0.5, 0.6) is 0 Å². The Kier molecular flexibility index (Phi) is 5.49. The lowest BCUT2D eigenvalue weighted by Crippen LogP contribution is -2.37. The summed E-state index contributed by atoms with van der Waals surface area (Å²) in [5.41, 5.74) is 0.244. The van der Waals surface area contributed by atoms with E-state index in [4.69, 9.17) is 0 Å². The molecule has 120 valence electrons. The highest BCUT2D eigenvalue weighted by atomic mass is 19.1. The van der Waals surface area contributed by atoms with E-state index in [1.54, 1.807) is 18.2 Å². The molecule has 22 heavy (non-hydrogen) atoms. The van der Waals surface area contributed by atoms with Crippen LogP contribution in [-0.2, 0) is 9.59 Å². The zero-order valence-corrected chi connectivity index (χ0v) is 13.0. The third kappa shape index (κ3) is 3.82. The molecule has 0 unspecified atom stereocenters. The average Bonchev–Trinajstić information content (AvgIpc) is 2.89. The number of rotatable bonds is 6. The summed E-state index contributed by atoms with van der Waals surface area (Å²) in [6.45, 7) is 4.51. The number of hydrogen-bond acceptors (Lipinski definition) is 3. The summed E-state index contributed by atoms with van der Waals surface area (Å²) < 4.78 is 13.8. The number of hydrogen-bond donors (Lipinski definition) is 1. The molecule has 0 radical (unpaired) electrons. The second kappa shape index (κ2) is 7.35. The van der Waals surface area contributed by atoms with E-state index in [1.807, 2.05) is 14.0 Å². The summed E-state index contributed by atoms with van der Waals surface area (Å²) >= 11 is 0. The van der Waals surface area contributed by atoms with Crippen LogP contribution in [0.25, 0.3) is 0 Å². The molecular formula is C16H22FN3O2. The molecule has 1 N–H and O–H groups in total. The molecule has 0 saturated carbocycles. The molecule has 1 atom stereocenters. The Hall–Kier alpha value is -1.95. The van der Waals surface area contributed by atoms with Gasteiger partial charge in [-0.3, -0.25) is 9.59 Å². The monoisotopic (exact) mass is 307 g/mol. The van der Waals surface area contributed by atoms with Crippen LogP contribution in [0.1, 0.15) is 13.3 Å². The molecule has 5 nitrogen and oxygen atoms in total. The highest BCUT2D eigenvalue weighted by Gasteiger charge is 2.35. The maximum atomic E-state index is 13.8. The molecule has 1 aliphatic heterocycles. The van der Waals surface area contributed by atoms with E-state index in [1.165, 1.54) is 11.0 Å². The minimum atomic E-state index is -0.443. The van der Waals surface area contributed by atoms with Crippen molar-refractivity contribution in [3.05, 3.63) is 30.1 Å². The Labute approximate surface area is 130 Å². The number of carbonyl (C=O) groups excluding carboxylic acids is 2. The third-order valence-electron chi connectivity index (χ3n) is 3.97. The molecule has 1 aliphatic rings. The van der Waals surface area contributed by atoms with E-state index in [2.05, 4.69) is 10.2 Å². The van der Waals surface area contributed by atoms with Crippen molar-refractivity contribution in [1.29, 1.82) is 0 Å². The standard InChI is InChI=1S/C16H22FN3O2/c1-3-19(2)9-8-18-16(22)12-10-15(21)20(11-12)14-7-5-4-6-13(14)17/h4-7,12H,3,8-11H2,1-2H3,(H,18,22)/t12-/m0/s1. The van der Waals surface area contributed by atoms with Crippen LogP contribution in [0.4, 0.5) is 10.1 Å². The number of halogens is 1. The first-order valence-corrected chi connectivity index (χ1v) is 7.54. The largest absolute Gasteiger partial charge is 0.355 e. The lowest BCUT2D eigenvalue weighted by molar-refractivity contribution is -0.126. The van der Waals surface area contributed by atoms with Crippen LogP contribution < -0.4 is 10.2 Å². The Balaban J connectivity index is 1.92. The number of benzene rings is 1. The first-order valence-electron chi connectivity index (χ1n) is 7.54. The minimum absolute atomic E-state index is 0.129. The van der Waals surface area contributed by atoms with Gasteiger partial charge in [0.2, 0.25) is 11.8 Å². The van der Waals surface area contributed by atoms with E-state index >= 15 is 0 Å². The Bertz CT molecular complexity index is 550. The Morgan fingerprint density at radius 3 is 2.86 bits per heavy atom. The van der Waals surface area contributed by atoms with Gasteiger partial charge in [-0.2, -0.15) is 0 Å². The van der Waals surface area contributed by atoms with E-state index in [0.29, 0.717) is 6.54 Å². The van der Waals surface area contributed by atoms with Crippen molar-refractivity contribution in [2.24, 2.45) is 5.92 Å². The molecule has 0 spiro atoms. The van der Waals surface area contributed by atoms with E-state index < -0.39 is 11.7 Å². The van der Waals surface area contributed by atoms with E-state index in [9.17, 15) is 14.0 Å². The maximum absolute atomic E-state index is 13.8. The van der Waals surface area contributed by atoms with Gasteiger partial charge < -0.3 is 15.1 Å². The molecule has 1 saturated heterocycles. The maximum Gasteiger partial charge on any atom is 0.227 e. The lowest BCUT2D eigenvalue weighted by Gasteiger charge is -2.18. The lowest BCUT2D eigenvalue weighted by atomic mass is 10.1. The van der Waals surface area contributed by atoms with Crippen LogP contribution in [0.15, 0.2) is 24.3 Å². The molecule has 1 aromatic carbocycles. The van der Waals surface area contributed by atoms with Crippen molar-refractivity contribution in [3.8, 4) is 0 Å². The molecular weight excluding hydrogens is 285 g/mol. The first kappa shape index (κ1) is 16.4. The van der Waals surface area contributed by atoms with Gasteiger partial charge in [-0.15, -0.1) is 0 Å². The Morgan fingerprint density at radius 1 is 1.45 bits per heavy atom. The molecule has 6 heteroatoms. The van der Waals surface area contributed by atoms with Crippen LogP contribution >= 0.6 is 0 Å². The average molecular weight is 307 g/mol. The zero-order chi connectivity index (χ0) is 16.1. The normalized spacial score (nSPS) is 18.1. The number of likely N-dealkylation sites (N-methyl/N-ethyl adjacent to an activating group) is 1. The van der Waals surface area contributed by atoms with Crippen LogP contribution in [0.3, 0.4) is 0 Å². The summed E-state index contributed by atoms with van der Waals surface area (Å²) in [5, 5.41) is 2.84. The smallest absolute Gasteiger partial charge is 0.227 e. The van der Waals surface area contributed by atoms with Crippen molar-refractivity contribution in [3.63, 3.8) is 0 Å². The first-order chi connectivity index (χ1) is 10.5. The van der Waals surface area contributed by atoms with Crippen molar-refractivity contribution < 1.29 is 14.0 Å². The quantitative estimate of drug-likeness (QED) is 0.860. The highest BCUT2D eigenvalue weighted by Crippen LogP contribution is 2.27. The van der Waals surface area contributed by atoms with Gasteiger partial charge >= 0.3 is 0 Å². The molecule has 1 heterocycles. The van der Waals surface area contributed by atoms with Gasteiger partial charge in [0.15, 0.2) is 0 Å². The number of nitrogens with one attached hydrogen (secondary N) is 1. The number of carbonyl (C=O) groups is 2. The van der Waals surface area contributed by atoms with Crippen molar-refractivity contribution in [1.82, 2.24) is 10.2 Å². The summed E-state index contributed by atoms with van der Waals surface area (Å²) in [7, 11) is 1.98. The van der Waals surface area contributed by atoms with Gasteiger partial charge in [0, 0.05) is 26.1 Å². The Morgan fingerprint density at radius 2 is 2.18 bits per heavy atom. The molecule has 1 aromatic rings. The van der Waals surface area contributed by atoms with Gasteiger partial charge in [-0.1, -0.05) is 19.1 Å². The predicted octanol–water partition coefficient (Wildman–Crippen LogP) is 1.25. The third-order valence-corrected chi connectivity index (χ3v) is 3.97. The zero-order valence-electron chi connectivity index (χ0n) is 13.0. The molecule has 2 amide bonds. The molecule has 2 rings (SSSR count). The van der Waals surface area contributed by atoms with Gasteiger partial charge in [0.25, 0.3) is 0 Å². The molecule has 0 bridgehead atoms. The summed E-state index contributed by atoms with van der Waals surface area (Å²) in [6.07, 6.45) is 0.129. The van der Waals surface area contributed by atoms with Crippen LogP contribution in [-0.4, -0.2) is 49.9 Å². The number of para-hydroxylation sites is 1. The number of anilines is 1. The van der Waals surface area contributed by atoms with Gasteiger partial charge in [0.1, 0.15) is 5.82 Å². The van der Waals surface area contributed by atoms with E-state index in [-0.39, 0.29) is 30.5 Å². The highest BCUT2D eigenvalue weighted by molar-refractivity contribution is 6.00. The summed E-state index contributed by atoms with van der Waals surface area (Å²) in [6, 6.07) is 6.13. The van der Waals surface area contributed by atoms with E-state index in [0.717, 1.165) is 13.1 Å². The second-order valence-corrected chi connectivity index (χ2v) is 5.54. The fourth-order valence-electron chi connectivity index (χ4n) is 2.46. The van der Waals surface area contributed by atoms with Crippen molar-refractivity contribution >= 4 is 17.5 Å². The van der Waals surface area contributed by atoms with Crippen molar-refractivity contribution in [2.45, 2.75) is 13.3 Å².